The Bertz CT molecular complexity index is 706. The highest BCUT2D eigenvalue weighted by Gasteiger charge is 2.31. The number of halogens is 1. The van der Waals surface area contributed by atoms with Gasteiger partial charge in [-0.15, -0.1) is 0 Å². The van der Waals surface area contributed by atoms with E-state index in [1.807, 2.05) is 29.2 Å². The summed E-state index contributed by atoms with van der Waals surface area (Å²) in [6, 6.07) is 11.9. The molecular formula is C18H18BrNO. The van der Waals surface area contributed by atoms with Crippen molar-refractivity contribution < 1.29 is 4.79 Å². The number of anilines is 1. The first-order chi connectivity index (χ1) is 9.97. The van der Waals surface area contributed by atoms with Crippen LogP contribution in [0.25, 0.3) is 0 Å². The smallest absolute Gasteiger partial charge is 0.258 e. The van der Waals surface area contributed by atoms with Crippen LogP contribution in [0, 0.1) is 13.8 Å². The predicted octanol–water partition coefficient (Wildman–Crippen LogP) is 4.83. The first-order valence-corrected chi connectivity index (χ1v) is 7.95. The van der Waals surface area contributed by atoms with Gasteiger partial charge in [0, 0.05) is 22.5 Å². The minimum Gasteiger partial charge on any atom is -0.307 e. The van der Waals surface area contributed by atoms with Gasteiger partial charge in [0.05, 0.1) is 5.69 Å². The van der Waals surface area contributed by atoms with Crippen molar-refractivity contribution in [2.24, 2.45) is 0 Å². The summed E-state index contributed by atoms with van der Waals surface area (Å²) in [6.45, 7) is 7.14. The van der Waals surface area contributed by atoms with Crippen LogP contribution in [0.1, 0.15) is 39.9 Å². The Morgan fingerprint density at radius 1 is 1.19 bits per heavy atom. The molecule has 2 aromatic carbocycles. The van der Waals surface area contributed by atoms with Crippen molar-refractivity contribution in [3.8, 4) is 0 Å². The molecule has 1 aliphatic rings. The maximum atomic E-state index is 12.8. The average Bonchev–Trinajstić information content (AvgIpc) is 2.76. The van der Waals surface area contributed by atoms with E-state index < -0.39 is 0 Å². The van der Waals surface area contributed by atoms with Gasteiger partial charge in [-0.25, -0.2) is 0 Å². The molecule has 2 aromatic rings. The fourth-order valence-corrected chi connectivity index (χ4v) is 3.40. The largest absolute Gasteiger partial charge is 0.307 e. The van der Waals surface area contributed by atoms with E-state index in [4.69, 9.17) is 0 Å². The molecule has 1 aliphatic heterocycles. The van der Waals surface area contributed by atoms with Gasteiger partial charge in [0.15, 0.2) is 0 Å². The van der Waals surface area contributed by atoms with Crippen molar-refractivity contribution in [2.75, 3.05) is 11.4 Å². The Balaban J connectivity index is 2.03. The maximum Gasteiger partial charge on any atom is 0.258 e. The van der Waals surface area contributed by atoms with Gasteiger partial charge in [0.2, 0.25) is 0 Å². The number of rotatable bonds is 1. The summed E-state index contributed by atoms with van der Waals surface area (Å²) in [5.74, 6) is 0.470. The number of aryl methyl sites for hydroxylation is 2. The monoisotopic (exact) mass is 343 g/mol. The van der Waals surface area contributed by atoms with E-state index in [2.05, 4.69) is 48.8 Å². The van der Waals surface area contributed by atoms with Crippen LogP contribution in [-0.4, -0.2) is 12.5 Å². The Hall–Kier alpha value is -1.61. The van der Waals surface area contributed by atoms with Crippen LogP contribution in [0.15, 0.2) is 40.9 Å². The molecule has 3 heteroatoms. The normalized spacial score (nSPS) is 17.0. The highest BCUT2D eigenvalue weighted by atomic mass is 79.9. The van der Waals surface area contributed by atoms with Gasteiger partial charge < -0.3 is 4.90 Å². The molecule has 21 heavy (non-hydrogen) atoms. The SMILES string of the molecule is Cc1cc(C)c2c(c1)[C@H](C)CN2C(=O)c1ccc(Br)cc1. The van der Waals surface area contributed by atoms with E-state index in [-0.39, 0.29) is 5.91 Å². The van der Waals surface area contributed by atoms with Crippen molar-refractivity contribution in [2.45, 2.75) is 26.7 Å². The van der Waals surface area contributed by atoms with Crippen LogP contribution in [0.4, 0.5) is 5.69 Å². The van der Waals surface area contributed by atoms with Gasteiger partial charge in [-0.2, -0.15) is 0 Å². The molecule has 0 fully saturated rings. The molecule has 0 saturated carbocycles. The van der Waals surface area contributed by atoms with Gasteiger partial charge in [0.25, 0.3) is 5.91 Å². The quantitative estimate of drug-likeness (QED) is 0.726. The third-order valence-corrected chi connectivity index (χ3v) is 4.60. The summed E-state index contributed by atoms with van der Waals surface area (Å²) < 4.78 is 0.987. The molecule has 0 spiro atoms. The van der Waals surface area contributed by atoms with Crippen LogP contribution in [0.5, 0.6) is 0 Å². The van der Waals surface area contributed by atoms with Gasteiger partial charge in [-0.05, 0) is 49.2 Å². The summed E-state index contributed by atoms with van der Waals surface area (Å²) in [5.41, 5.74) is 5.56. The molecule has 2 nitrogen and oxygen atoms in total. The van der Waals surface area contributed by atoms with Crippen LogP contribution >= 0.6 is 15.9 Å². The number of nitrogens with zero attached hydrogens (tertiary/aromatic N) is 1. The highest BCUT2D eigenvalue weighted by molar-refractivity contribution is 9.10. The Morgan fingerprint density at radius 2 is 1.86 bits per heavy atom. The molecule has 0 N–H and O–H groups in total. The topological polar surface area (TPSA) is 20.3 Å². The summed E-state index contributed by atoms with van der Waals surface area (Å²) in [6.07, 6.45) is 0. The summed E-state index contributed by atoms with van der Waals surface area (Å²) >= 11 is 3.41. The zero-order valence-electron chi connectivity index (χ0n) is 12.5. The average molecular weight is 344 g/mol. The lowest BCUT2D eigenvalue weighted by Crippen LogP contribution is -2.29. The van der Waals surface area contributed by atoms with E-state index in [1.165, 1.54) is 16.7 Å². The van der Waals surface area contributed by atoms with Crippen molar-refractivity contribution in [3.05, 3.63) is 63.1 Å². The van der Waals surface area contributed by atoms with E-state index in [9.17, 15) is 4.79 Å². The van der Waals surface area contributed by atoms with Gasteiger partial charge in [-0.1, -0.05) is 40.5 Å². The maximum absolute atomic E-state index is 12.8. The lowest BCUT2D eigenvalue weighted by molar-refractivity contribution is 0.0988. The zero-order chi connectivity index (χ0) is 15.1. The van der Waals surface area contributed by atoms with Crippen LogP contribution in [0.2, 0.25) is 0 Å². The molecule has 1 amide bonds. The zero-order valence-corrected chi connectivity index (χ0v) is 14.1. The molecule has 0 aromatic heterocycles. The third-order valence-electron chi connectivity index (χ3n) is 4.07. The second kappa shape index (κ2) is 5.30. The predicted molar refractivity (Wildman–Crippen MR) is 90.1 cm³/mol. The molecular weight excluding hydrogens is 326 g/mol. The molecule has 0 radical (unpaired) electrons. The van der Waals surface area contributed by atoms with Crippen molar-refractivity contribution in [1.29, 1.82) is 0 Å². The van der Waals surface area contributed by atoms with Crippen molar-refractivity contribution in [1.82, 2.24) is 0 Å². The van der Waals surface area contributed by atoms with E-state index in [0.29, 0.717) is 5.92 Å². The number of hydrogen-bond acceptors (Lipinski definition) is 1. The fraction of sp³-hybridized carbons (Fsp3) is 0.278. The van der Waals surface area contributed by atoms with E-state index >= 15 is 0 Å². The number of carbonyl (C=O) groups excluding carboxylic acids is 1. The number of fused-ring (bicyclic) bond motifs is 1. The minimum atomic E-state index is 0.0834. The van der Waals surface area contributed by atoms with Gasteiger partial charge in [0.1, 0.15) is 0 Å². The molecule has 0 unspecified atom stereocenters. The molecule has 1 atom stereocenters. The van der Waals surface area contributed by atoms with E-state index in [0.717, 1.165) is 22.3 Å². The van der Waals surface area contributed by atoms with Gasteiger partial charge >= 0.3 is 0 Å². The molecule has 0 saturated heterocycles. The Labute approximate surface area is 133 Å². The van der Waals surface area contributed by atoms with Crippen molar-refractivity contribution >= 4 is 27.5 Å². The standard InChI is InChI=1S/C18H18BrNO/c1-11-8-12(2)17-16(9-11)13(3)10-20(17)18(21)14-4-6-15(19)7-5-14/h4-9,13H,10H2,1-3H3/t13-/m1/s1. The molecule has 0 aliphatic carbocycles. The minimum absolute atomic E-state index is 0.0834. The second-order valence-electron chi connectivity index (χ2n) is 5.84. The lowest BCUT2D eigenvalue weighted by atomic mass is 9.98. The molecule has 0 bridgehead atoms. The van der Waals surface area contributed by atoms with Crippen molar-refractivity contribution in [3.63, 3.8) is 0 Å². The summed E-state index contributed by atoms with van der Waals surface area (Å²) in [7, 11) is 0. The number of benzene rings is 2. The van der Waals surface area contributed by atoms with Crippen LogP contribution < -0.4 is 4.90 Å². The van der Waals surface area contributed by atoms with Gasteiger partial charge in [-0.3, -0.25) is 4.79 Å². The molecule has 3 rings (SSSR count). The lowest BCUT2D eigenvalue weighted by Gasteiger charge is -2.20. The Kier molecular flexibility index (Phi) is 3.62. The summed E-state index contributed by atoms with van der Waals surface area (Å²) in [5, 5.41) is 0. The first kappa shape index (κ1) is 14.3. The number of hydrogen-bond donors (Lipinski definition) is 0. The fourth-order valence-electron chi connectivity index (χ4n) is 3.13. The number of amides is 1. The second-order valence-corrected chi connectivity index (χ2v) is 6.76. The highest BCUT2D eigenvalue weighted by Crippen LogP contribution is 2.40. The summed E-state index contributed by atoms with van der Waals surface area (Å²) in [4.78, 5) is 14.7. The molecule has 1 heterocycles. The Morgan fingerprint density at radius 3 is 2.52 bits per heavy atom. The van der Waals surface area contributed by atoms with Crippen LogP contribution in [-0.2, 0) is 0 Å². The third kappa shape index (κ3) is 2.51. The first-order valence-electron chi connectivity index (χ1n) is 7.16. The van der Waals surface area contributed by atoms with Crippen LogP contribution in [0.3, 0.4) is 0 Å². The number of carbonyl (C=O) groups is 1. The van der Waals surface area contributed by atoms with E-state index in [1.54, 1.807) is 0 Å². The molecule has 108 valence electrons.